The van der Waals surface area contributed by atoms with Gasteiger partial charge in [-0.25, -0.2) is 0 Å². The first-order valence-electron chi connectivity index (χ1n) is 15.1. The molecule has 0 aliphatic heterocycles. The van der Waals surface area contributed by atoms with Crippen molar-refractivity contribution in [3.05, 3.63) is 29.8 Å². The molecule has 0 spiro atoms. The van der Waals surface area contributed by atoms with E-state index in [2.05, 4.69) is 78.9 Å². The van der Waals surface area contributed by atoms with Crippen molar-refractivity contribution in [3.8, 4) is 0 Å². The van der Waals surface area contributed by atoms with Crippen molar-refractivity contribution in [1.29, 1.82) is 0 Å². The third kappa shape index (κ3) is 8.60. The van der Waals surface area contributed by atoms with Crippen molar-refractivity contribution in [2.45, 2.75) is 144 Å². The van der Waals surface area contributed by atoms with Crippen molar-refractivity contribution in [3.63, 3.8) is 0 Å². The summed E-state index contributed by atoms with van der Waals surface area (Å²) in [5.41, 5.74) is 1.65. The van der Waals surface area contributed by atoms with Gasteiger partial charge in [-0.15, -0.1) is 0 Å². The molecular formula is C32H57NO3SiSn. The monoisotopic (exact) mass is 651 g/mol. The number of rotatable bonds is 13. The van der Waals surface area contributed by atoms with Crippen molar-refractivity contribution >= 4 is 47.4 Å². The van der Waals surface area contributed by atoms with Crippen molar-refractivity contribution < 1.29 is 14.0 Å². The third-order valence-corrected chi connectivity index (χ3v) is 28.3. The van der Waals surface area contributed by atoms with Crippen LogP contribution >= 0.6 is 0 Å². The van der Waals surface area contributed by atoms with Gasteiger partial charge in [0.2, 0.25) is 0 Å². The molecule has 38 heavy (non-hydrogen) atoms. The normalized spacial score (nSPS) is 13.3. The topological polar surface area (TPSA) is 40.5 Å². The summed E-state index contributed by atoms with van der Waals surface area (Å²) in [4.78, 5) is 13.8. The Bertz CT molecular complexity index is 1020. The predicted octanol–water partition coefficient (Wildman–Crippen LogP) is 10.0. The Morgan fingerprint density at radius 2 is 1.39 bits per heavy atom. The van der Waals surface area contributed by atoms with Gasteiger partial charge in [-0.2, -0.15) is 0 Å². The molecule has 0 atom stereocenters. The average Bonchev–Trinajstić information content (AvgIpc) is 3.20. The molecule has 0 aliphatic carbocycles. The summed E-state index contributed by atoms with van der Waals surface area (Å²) >= 11 is -2.94. The van der Waals surface area contributed by atoms with Gasteiger partial charge in [0.15, 0.2) is 0 Å². The van der Waals surface area contributed by atoms with Crippen molar-refractivity contribution in [1.82, 2.24) is 4.57 Å². The molecule has 0 N–H and O–H groups in total. The number of carbonyl (C=O) groups excluding carboxylic acids is 1. The molecule has 0 amide bonds. The van der Waals surface area contributed by atoms with E-state index in [9.17, 15) is 4.79 Å². The molecule has 216 valence electrons. The van der Waals surface area contributed by atoms with Crippen LogP contribution in [0.5, 0.6) is 0 Å². The Morgan fingerprint density at radius 1 is 0.868 bits per heavy atom. The molecule has 1 aromatic heterocycles. The first kappa shape index (κ1) is 33.4. The molecule has 2 aromatic rings. The molecule has 6 heteroatoms. The molecule has 4 nitrogen and oxygen atoms in total. The SMILES string of the molecule is CCC[CH2][Sn]([CH2]CCC)([CH2]CCC)[c]1cc2cc(CO[Si](C)(C)C(C)(C)C)ccc2n1C(=O)OC(C)(C)C. The molecule has 1 aromatic carbocycles. The number of carbonyl (C=O) groups is 1. The van der Waals surface area contributed by atoms with Crippen LogP contribution in [0.25, 0.3) is 10.9 Å². The summed E-state index contributed by atoms with van der Waals surface area (Å²) in [5, 5.41) is 1.34. The third-order valence-electron chi connectivity index (χ3n) is 8.42. The molecule has 0 aliphatic rings. The number of benzene rings is 1. The molecule has 0 radical (unpaired) electrons. The molecule has 1 heterocycles. The maximum atomic E-state index is 13.8. The van der Waals surface area contributed by atoms with Crippen LogP contribution < -0.4 is 3.71 Å². The van der Waals surface area contributed by atoms with Gasteiger partial charge in [0, 0.05) is 0 Å². The summed E-state index contributed by atoms with van der Waals surface area (Å²) in [6, 6.07) is 8.96. The van der Waals surface area contributed by atoms with Crippen LogP contribution in [-0.2, 0) is 15.8 Å². The van der Waals surface area contributed by atoms with Crippen LogP contribution in [-0.4, -0.2) is 43.0 Å². The van der Waals surface area contributed by atoms with Gasteiger partial charge < -0.3 is 0 Å². The number of nitrogens with zero attached hydrogens (tertiary/aromatic N) is 1. The minimum absolute atomic E-state index is 0.177. The number of fused-ring (bicyclic) bond motifs is 1. The fraction of sp³-hybridized carbons (Fsp3) is 0.719. The van der Waals surface area contributed by atoms with Gasteiger partial charge in [-0.1, -0.05) is 0 Å². The van der Waals surface area contributed by atoms with Gasteiger partial charge in [-0.05, 0) is 0 Å². The Hall–Kier alpha value is -0.794. The van der Waals surface area contributed by atoms with E-state index in [1.54, 1.807) is 0 Å². The van der Waals surface area contributed by atoms with E-state index in [-0.39, 0.29) is 11.1 Å². The van der Waals surface area contributed by atoms with Crippen molar-refractivity contribution in [2.24, 2.45) is 0 Å². The summed E-state index contributed by atoms with van der Waals surface area (Å²) in [5.74, 6) is 0. The first-order valence-corrected chi connectivity index (χ1v) is 25.5. The zero-order valence-electron chi connectivity index (χ0n) is 26.6. The van der Waals surface area contributed by atoms with Gasteiger partial charge in [-0.3, -0.25) is 0 Å². The molecule has 2 rings (SSSR count). The number of hydrogen-bond acceptors (Lipinski definition) is 3. The average molecular weight is 651 g/mol. The van der Waals surface area contributed by atoms with Crippen LogP contribution in [0.3, 0.4) is 0 Å². The van der Waals surface area contributed by atoms with Gasteiger partial charge >= 0.3 is 240 Å². The van der Waals surface area contributed by atoms with Crippen LogP contribution in [0.15, 0.2) is 24.3 Å². The van der Waals surface area contributed by atoms with E-state index in [4.69, 9.17) is 9.16 Å². The summed E-state index contributed by atoms with van der Waals surface area (Å²) < 4.78 is 19.9. The van der Waals surface area contributed by atoms with E-state index in [0.717, 1.165) is 10.9 Å². The van der Waals surface area contributed by atoms with Crippen LogP contribution in [0.2, 0.25) is 31.4 Å². The van der Waals surface area contributed by atoms with Crippen LogP contribution in [0, 0.1) is 0 Å². The van der Waals surface area contributed by atoms with E-state index in [0.29, 0.717) is 6.61 Å². The molecule has 0 bridgehead atoms. The van der Waals surface area contributed by atoms with Crippen molar-refractivity contribution in [2.75, 3.05) is 0 Å². The van der Waals surface area contributed by atoms with E-state index < -0.39 is 32.3 Å². The second kappa shape index (κ2) is 13.7. The maximum absolute atomic E-state index is 13.8. The number of ether oxygens (including phenoxy) is 1. The zero-order valence-corrected chi connectivity index (χ0v) is 30.4. The molecule has 0 fully saturated rings. The summed E-state index contributed by atoms with van der Waals surface area (Å²) in [7, 11) is -1.85. The van der Waals surface area contributed by atoms with E-state index >= 15 is 0 Å². The first-order chi connectivity index (χ1) is 17.6. The fourth-order valence-corrected chi connectivity index (χ4v) is 22.4. The Kier molecular flexibility index (Phi) is 12.1. The number of aromatic nitrogens is 1. The van der Waals surface area contributed by atoms with Gasteiger partial charge in [0.05, 0.1) is 0 Å². The van der Waals surface area contributed by atoms with E-state index in [1.165, 1.54) is 61.1 Å². The summed E-state index contributed by atoms with van der Waals surface area (Å²) in [6.07, 6.45) is 7.18. The second-order valence-electron chi connectivity index (χ2n) is 13.9. The minimum atomic E-state index is -2.94. The summed E-state index contributed by atoms with van der Waals surface area (Å²) in [6.45, 7) is 24.9. The fourth-order valence-electron chi connectivity index (χ4n) is 5.03. The molecule has 0 saturated carbocycles. The molecule has 0 unspecified atom stereocenters. The number of unbranched alkanes of at least 4 members (excludes halogenated alkanes) is 3. The zero-order chi connectivity index (χ0) is 28.8. The standard InChI is InChI=1S/C20H30NO3Si.3C4H9.Sn/c1-19(2,3)24-18(22)21-12-11-16-13-15(9-10-17(16)21)14-23-25(7,8)20(4,5)6;3*1-3-4-2;/h9-11,13H,14H2,1-8H3;3*1,3-4H2,2H3;. The Labute approximate surface area is 239 Å². The Morgan fingerprint density at radius 3 is 1.84 bits per heavy atom. The van der Waals surface area contributed by atoms with Crippen LogP contribution in [0.1, 0.15) is 106 Å². The predicted molar refractivity (Wildman–Crippen MR) is 170 cm³/mol. The molecular weight excluding hydrogens is 593 g/mol. The molecule has 0 saturated heterocycles. The quantitative estimate of drug-likeness (QED) is 0.203. The Balaban J connectivity index is 2.69. The number of hydrogen-bond donors (Lipinski definition) is 0. The van der Waals surface area contributed by atoms with Crippen LogP contribution in [0.4, 0.5) is 4.79 Å². The van der Waals surface area contributed by atoms with Gasteiger partial charge in [0.1, 0.15) is 0 Å². The second-order valence-corrected chi connectivity index (χ2v) is 31.7. The van der Waals surface area contributed by atoms with E-state index in [1.807, 2.05) is 25.3 Å². The van der Waals surface area contributed by atoms with Gasteiger partial charge in [0.25, 0.3) is 0 Å².